The van der Waals surface area contributed by atoms with Crippen molar-refractivity contribution >= 4 is 34.9 Å². The zero-order valence-electron chi connectivity index (χ0n) is 14.1. The lowest BCUT2D eigenvalue weighted by molar-refractivity contribution is -0.156. The molecule has 5 nitrogen and oxygen atoms in total. The SMILES string of the molecule is C[C@H](NP(=O)(Cl)Oc1cccc2ccccc12)C(=O)OC(C)(C)C. The molecule has 7 heteroatoms. The van der Waals surface area contributed by atoms with Gasteiger partial charge in [0, 0.05) is 16.6 Å². The Morgan fingerprint density at radius 2 is 1.79 bits per heavy atom. The highest BCUT2D eigenvalue weighted by molar-refractivity contribution is 7.84. The zero-order valence-corrected chi connectivity index (χ0v) is 15.7. The minimum atomic E-state index is -3.77. The Bertz CT molecular complexity index is 782. The van der Waals surface area contributed by atoms with Gasteiger partial charge in [-0.1, -0.05) is 36.4 Å². The van der Waals surface area contributed by atoms with E-state index in [4.69, 9.17) is 20.5 Å². The molecule has 0 amide bonds. The van der Waals surface area contributed by atoms with Gasteiger partial charge in [0.2, 0.25) is 0 Å². The Morgan fingerprint density at radius 1 is 1.17 bits per heavy atom. The van der Waals surface area contributed by atoms with Crippen molar-refractivity contribution in [3.63, 3.8) is 0 Å². The van der Waals surface area contributed by atoms with E-state index in [0.717, 1.165) is 10.8 Å². The van der Waals surface area contributed by atoms with E-state index >= 15 is 0 Å². The van der Waals surface area contributed by atoms with Crippen LogP contribution in [0.15, 0.2) is 42.5 Å². The standard InChI is InChI=1S/C17H21ClNO4P/c1-12(16(20)22-17(2,3)4)19-24(18,21)23-15-11-7-9-13-8-5-6-10-14(13)15/h5-12H,1-4H3,(H,19,21)/t12-,24?/m0/s1. The van der Waals surface area contributed by atoms with Crippen LogP contribution in [0.1, 0.15) is 27.7 Å². The molecule has 2 atom stereocenters. The van der Waals surface area contributed by atoms with Gasteiger partial charge in [0.25, 0.3) is 0 Å². The van der Waals surface area contributed by atoms with Crippen LogP contribution in [0, 0.1) is 0 Å². The van der Waals surface area contributed by atoms with Gasteiger partial charge in [-0.2, -0.15) is 0 Å². The van der Waals surface area contributed by atoms with Crippen LogP contribution in [-0.4, -0.2) is 17.6 Å². The van der Waals surface area contributed by atoms with Crippen molar-refractivity contribution in [2.45, 2.75) is 39.3 Å². The molecule has 0 aliphatic rings. The highest BCUT2D eigenvalue weighted by Gasteiger charge is 2.30. The van der Waals surface area contributed by atoms with Gasteiger partial charge in [0.1, 0.15) is 17.4 Å². The van der Waals surface area contributed by atoms with Crippen LogP contribution < -0.4 is 9.61 Å². The van der Waals surface area contributed by atoms with Crippen LogP contribution in [-0.2, 0) is 14.1 Å². The summed E-state index contributed by atoms with van der Waals surface area (Å²) in [5.74, 6) is -0.166. The van der Waals surface area contributed by atoms with Crippen molar-refractivity contribution < 1.29 is 18.6 Å². The van der Waals surface area contributed by atoms with Gasteiger partial charge in [-0.3, -0.25) is 4.79 Å². The molecule has 24 heavy (non-hydrogen) atoms. The molecule has 130 valence electrons. The van der Waals surface area contributed by atoms with Crippen molar-refractivity contribution in [3.8, 4) is 5.75 Å². The number of carbonyl (C=O) groups is 1. The number of rotatable bonds is 5. The molecular weight excluding hydrogens is 349 g/mol. The maximum absolute atomic E-state index is 12.5. The quantitative estimate of drug-likeness (QED) is 0.600. The second-order valence-electron chi connectivity index (χ2n) is 6.43. The fourth-order valence-corrected chi connectivity index (χ4v) is 3.80. The molecule has 0 saturated heterocycles. The van der Waals surface area contributed by atoms with Crippen LogP contribution in [0.3, 0.4) is 0 Å². The molecule has 2 aromatic rings. The van der Waals surface area contributed by atoms with Crippen molar-refractivity contribution in [1.82, 2.24) is 5.09 Å². The summed E-state index contributed by atoms with van der Waals surface area (Å²) in [7, 11) is 0. The first-order valence-electron chi connectivity index (χ1n) is 7.55. The Balaban J connectivity index is 2.13. The van der Waals surface area contributed by atoms with Crippen LogP contribution in [0.4, 0.5) is 0 Å². The van der Waals surface area contributed by atoms with Gasteiger partial charge >= 0.3 is 12.8 Å². The van der Waals surface area contributed by atoms with E-state index in [9.17, 15) is 9.36 Å². The summed E-state index contributed by atoms with van der Waals surface area (Å²) in [6.07, 6.45) is 0. The minimum absolute atomic E-state index is 0.385. The van der Waals surface area contributed by atoms with Gasteiger partial charge in [0.15, 0.2) is 0 Å². The summed E-state index contributed by atoms with van der Waals surface area (Å²) in [6, 6.07) is 12.0. The number of ether oxygens (including phenoxy) is 1. The number of fused-ring (bicyclic) bond motifs is 1. The molecule has 0 fully saturated rings. The average molecular weight is 370 g/mol. The first-order valence-corrected chi connectivity index (χ1v) is 10.1. The summed E-state index contributed by atoms with van der Waals surface area (Å²) in [4.78, 5) is 12.0. The maximum Gasteiger partial charge on any atom is 0.409 e. The normalized spacial score (nSPS) is 15.5. The highest BCUT2D eigenvalue weighted by atomic mass is 35.7. The van der Waals surface area contributed by atoms with E-state index in [1.165, 1.54) is 6.92 Å². The Morgan fingerprint density at radius 3 is 2.46 bits per heavy atom. The number of esters is 1. The Hall–Kier alpha value is -1.55. The second kappa shape index (κ2) is 7.14. The van der Waals surface area contributed by atoms with Crippen LogP contribution in [0.2, 0.25) is 0 Å². The molecule has 2 rings (SSSR count). The average Bonchev–Trinajstić information content (AvgIpc) is 2.45. The van der Waals surface area contributed by atoms with E-state index in [0.29, 0.717) is 5.75 Å². The predicted molar refractivity (Wildman–Crippen MR) is 96.5 cm³/mol. The van der Waals surface area contributed by atoms with Gasteiger partial charge in [-0.15, -0.1) is 0 Å². The lowest BCUT2D eigenvalue weighted by Crippen LogP contribution is -2.37. The minimum Gasteiger partial charge on any atom is -0.459 e. The third-order valence-corrected chi connectivity index (χ3v) is 4.70. The molecule has 1 unspecified atom stereocenters. The Labute approximate surface area is 146 Å². The lowest BCUT2D eigenvalue weighted by Gasteiger charge is -2.24. The van der Waals surface area contributed by atoms with Crippen LogP contribution in [0.5, 0.6) is 5.75 Å². The first-order chi connectivity index (χ1) is 11.1. The van der Waals surface area contributed by atoms with E-state index in [2.05, 4.69) is 5.09 Å². The fraction of sp³-hybridized carbons (Fsp3) is 0.353. The van der Waals surface area contributed by atoms with E-state index in [-0.39, 0.29) is 0 Å². The molecule has 0 heterocycles. The highest BCUT2D eigenvalue weighted by Crippen LogP contribution is 2.50. The van der Waals surface area contributed by atoms with Crippen LogP contribution in [0.25, 0.3) is 10.8 Å². The van der Waals surface area contributed by atoms with Crippen molar-refractivity contribution in [2.24, 2.45) is 0 Å². The molecule has 0 saturated carbocycles. The fourth-order valence-electron chi connectivity index (χ4n) is 2.10. The summed E-state index contributed by atoms with van der Waals surface area (Å²) < 4.78 is 23.2. The number of halogens is 1. The summed E-state index contributed by atoms with van der Waals surface area (Å²) in [5.41, 5.74) is -0.639. The molecule has 0 bridgehead atoms. The van der Waals surface area contributed by atoms with Crippen LogP contribution >= 0.6 is 18.1 Å². The number of hydrogen-bond acceptors (Lipinski definition) is 4. The van der Waals surface area contributed by atoms with Gasteiger partial charge < -0.3 is 9.26 Å². The smallest absolute Gasteiger partial charge is 0.409 e. The topological polar surface area (TPSA) is 64.6 Å². The summed E-state index contributed by atoms with van der Waals surface area (Å²) in [5, 5.41) is 4.24. The van der Waals surface area contributed by atoms with E-state index in [1.807, 2.05) is 30.3 Å². The number of benzene rings is 2. The van der Waals surface area contributed by atoms with Crippen molar-refractivity contribution in [2.75, 3.05) is 0 Å². The zero-order chi connectivity index (χ0) is 18.0. The summed E-state index contributed by atoms with van der Waals surface area (Å²) >= 11 is 6.00. The molecule has 0 spiro atoms. The van der Waals surface area contributed by atoms with E-state index < -0.39 is 24.5 Å². The molecule has 0 aliphatic carbocycles. The molecule has 0 radical (unpaired) electrons. The maximum atomic E-state index is 12.5. The van der Waals surface area contributed by atoms with Gasteiger partial charge in [-0.05, 0) is 39.1 Å². The summed E-state index contributed by atoms with van der Waals surface area (Å²) in [6.45, 7) is 3.01. The molecule has 2 aromatic carbocycles. The van der Waals surface area contributed by atoms with E-state index in [1.54, 1.807) is 32.9 Å². The van der Waals surface area contributed by atoms with Gasteiger partial charge in [0.05, 0.1) is 0 Å². The number of hydrogen-bond donors (Lipinski definition) is 1. The monoisotopic (exact) mass is 369 g/mol. The third kappa shape index (κ3) is 5.23. The van der Waals surface area contributed by atoms with Gasteiger partial charge in [-0.25, -0.2) is 9.65 Å². The second-order valence-corrected chi connectivity index (χ2v) is 9.17. The van der Waals surface area contributed by atoms with Crippen molar-refractivity contribution in [1.29, 1.82) is 0 Å². The largest absolute Gasteiger partial charge is 0.459 e. The molecular formula is C17H21ClNO4P. The lowest BCUT2D eigenvalue weighted by atomic mass is 10.1. The van der Waals surface area contributed by atoms with Crippen molar-refractivity contribution in [3.05, 3.63) is 42.5 Å². The predicted octanol–water partition coefficient (Wildman–Crippen LogP) is 4.89. The third-order valence-electron chi connectivity index (χ3n) is 3.07. The number of carbonyl (C=O) groups excluding carboxylic acids is 1. The first kappa shape index (κ1) is 18.8. The number of nitrogens with one attached hydrogen (secondary N) is 1. The molecule has 1 N–H and O–H groups in total. The Kier molecular flexibility index (Phi) is 5.59. The molecule has 0 aromatic heterocycles. The molecule has 0 aliphatic heterocycles.